The number of nitrogens with zero attached hydrogens (tertiary/aromatic N) is 2. The average molecular weight is 397 g/mol. The number of hydrogen-bond acceptors (Lipinski definition) is 5. The van der Waals surface area contributed by atoms with E-state index in [0.717, 1.165) is 57.8 Å². The maximum absolute atomic E-state index is 11.8. The van der Waals surface area contributed by atoms with Gasteiger partial charge in [0.2, 0.25) is 0 Å². The first-order chi connectivity index (χ1) is 13.4. The van der Waals surface area contributed by atoms with Crippen LogP contribution in [0.3, 0.4) is 0 Å². The van der Waals surface area contributed by atoms with Crippen molar-refractivity contribution >= 4 is 5.78 Å². The van der Waals surface area contributed by atoms with Crippen molar-refractivity contribution in [3.63, 3.8) is 0 Å². The highest BCUT2D eigenvalue weighted by atomic mass is 16.5. The van der Waals surface area contributed by atoms with Crippen LogP contribution in [0.15, 0.2) is 0 Å². The van der Waals surface area contributed by atoms with E-state index in [1.54, 1.807) is 0 Å². The number of hydrogen-bond donors (Lipinski definition) is 0. The second kappa shape index (κ2) is 12.9. The van der Waals surface area contributed by atoms with Gasteiger partial charge in [0.1, 0.15) is 5.78 Å². The Balaban J connectivity index is 1.46. The monoisotopic (exact) mass is 396 g/mol. The molecule has 2 rings (SSSR count). The summed E-state index contributed by atoms with van der Waals surface area (Å²) < 4.78 is 12.1. The molecule has 2 aliphatic rings. The summed E-state index contributed by atoms with van der Waals surface area (Å²) in [7, 11) is 0. The number of carbonyl (C=O) groups is 1. The Morgan fingerprint density at radius 2 is 1.29 bits per heavy atom. The van der Waals surface area contributed by atoms with Crippen LogP contribution in [0.4, 0.5) is 0 Å². The van der Waals surface area contributed by atoms with Crippen LogP contribution >= 0.6 is 0 Å². The molecule has 0 aromatic carbocycles. The molecular weight excluding hydrogens is 352 g/mol. The molecule has 164 valence electrons. The number of rotatable bonds is 12. The van der Waals surface area contributed by atoms with Gasteiger partial charge in [-0.2, -0.15) is 0 Å². The third-order valence-corrected chi connectivity index (χ3v) is 6.20. The van der Waals surface area contributed by atoms with Gasteiger partial charge in [-0.3, -0.25) is 4.79 Å². The molecule has 2 fully saturated rings. The summed E-state index contributed by atoms with van der Waals surface area (Å²) in [5.74, 6) is 1.33. The summed E-state index contributed by atoms with van der Waals surface area (Å²) in [5.41, 5.74) is 0. The SMILES string of the molecule is CC(C)CCN1CCC(OCCOC2CCN(CCC(=O)C(C)C)CC2)CC1. The Morgan fingerprint density at radius 3 is 1.71 bits per heavy atom. The standard InChI is InChI=1S/C23H44N2O3/c1-19(2)5-11-24-12-6-21(7-13-24)27-17-18-28-22-8-14-25(15-9-22)16-10-23(26)20(3)4/h19-22H,5-18H2,1-4H3. The van der Waals surface area contributed by atoms with E-state index in [1.807, 2.05) is 13.8 Å². The molecule has 2 heterocycles. The van der Waals surface area contributed by atoms with Crippen LogP contribution in [0.2, 0.25) is 0 Å². The van der Waals surface area contributed by atoms with Crippen LogP contribution in [0.1, 0.15) is 66.2 Å². The van der Waals surface area contributed by atoms with Crippen LogP contribution in [-0.4, -0.2) is 80.3 Å². The summed E-state index contributed by atoms with van der Waals surface area (Å²) in [6.07, 6.45) is 7.23. The summed E-state index contributed by atoms with van der Waals surface area (Å²) >= 11 is 0. The highest BCUT2D eigenvalue weighted by Crippen LogP contribution is 2.17. The molecular formula is C23H44N2O3. The van der Waals surface area contributed by atoms with Crippen molar-refractivity contribution in [2.75, 3.05) is 52.5 Å². The number of carbonyl (C=O) groups excluding carboxylic acids is 1. The summed E-state index contributed by atoms with van der Waals surface area (Å²) in [5, 5.41) is 0. The molecule has 0 bridgehead atoms. The molecule has 0 spiro atoms. The molecule has 5 nitrogen and oxygen atoms in total. The zero-order valence-corrected chi connectivity index (χ0v) is 18.8. The van der Waals surface area contributed by atoms with Gasteiger partial charge in [0, 0.05) is 45.1 Å². The van der Waals surface area contributed by atoms with Crippen molar-refractivity contribution in [3.05, 3.63) is 0 Å². The largest absolute Gasteiger partial charge is 0.376 e. The van der Waals surface area contributed by atoms with Crippen molar-refractivity contribution in [3.8, 4) is 0 Å². The van der Waals surface area contributed by atoms with E-state index in [-0.39, 0.29) is 5.92 Å². The van der Waals surface area contributed by atoms with Crippen molar-refractivity contribution in [2.24, 2.45) is 11.8 Å². The highest BCUT2D eigenvalue weighted by molar-refractivity contribution is 5.80. The maximum Gasteiger partial charge on any atom is 0.136 e. The van der Waals surface area contributed by atoms with E-state index in [1.165, 1.54) is 26.1 Å². The first-order valence-electron chi connectivity index (χ1n) is 11.6. The minimum Gasteiger partial charge on any atom is -0.376 e. The molecule has 28 heavy (non-hydrogen) atoms. The predicted molar refractivity (Wildman–Crippen MR) is 115 cm³/mol. The predicted octanol–water partition coefficient (Wildman–Crippen LogP) is 3.61. The lowest BCUT2D eigenvalue weighted by Gasteiger charge is -2.33. The van der Waals surface area contributed by atoms with Gasteiger partial charge in [-0.1, -0.05) is 27.7 Å². The first kappa shape index (κ1) is 23.8. The second-order valence-corrected chi connectivity index (χ2v) is 9.38. The van der Waals surface area contributed by atoms with Crippen LogP contribution in [0.25, 0.3) is 0 Å². The summed E-state index contributed by atoms with van der Waals surface area (Å²) in [4.78, 5) is 16.8. The van der Waals surface area contributed by atoms with Gasteiger partial charge in [0.25, 0.3) is 0 Å². The molecule has 0 N–H and O–H groups in total. The molecule has 0 unspecified atom stereocenters. The molecule has 0 aromatic heterocycles. The van der Waals surface area contributed by atoms with E-state index in [2.05, 4.69) is 23.6 Å². The Hall–Kier alpha value is -0.490. The third kappa shape index (κ3) is 9.34. The van der Waals surface area contributed by atoms with E-state index in [0.29, 0.717) is 31.0 Å². The Morgan fingerprint density at radius 1 is 0.821 bits per heavy atom. The van der Waals surface area contributed by atoms with Gasteiger partial charge in [-0.15, -0.1) is 0 Å². The maximum atomic E-state index is 11.8. The van der Waals surface area contributed by atoms with Crippen LogP contribution in [0.5, 0.6) is 0 Å². The number of likely N-dealkylation sites (tertiary alicyclic amines) is 2. The molecule has 0 radical (unpaired) electrons. The minimum absolute atomic E-state index is 0.160. The lowest BCUT2D eigenvalue weighted by molar-refractivity contribution is -0.122. The van der Waals surface area contributed by atoms with Gasteiger partial charge < -0.3 is 19.3 Å². The van der Waals surface area contributed by atoms with Crippen LogP contribution in [-0.2, 0) is 14.3 Å². The Kier molecular flexibility index (Phi) is 11.0. The topological polar surface area (TPSA) is 42.0 Å². The zero-order valence-electron chi connectivity index (χ0n) is 18.8. The van der Waals surface area contributed by atoms with Gasteiger partial charge in [-0.05, 0) is 44.6 Å². The van der Waals surface area contributed by atoms with Crippen molar-refractivity contribution in [2.45, 2.75) is 78.4 Å². The molecule has 0 atom stereocenters. The third-order valence-electron chi connectivity index (χ3n) is 6.20. The Bertz CT molecular complexity index is 426. The van der Waals surface area contributed by atoms with Crippen molar-refractivity contribution in [1.29, 1.82) is 0 Å². The number of Topliss-reactive ketones (excluding diaryl/α,β-unsaturated/α-hetero) is 1. The van der Waals surface area contributed by atoms with E-state index < -0.39 is 0 Å². The molecule has 0 aliphatic carbocycles. The van der Waals surface area contributed by atoms with Crippen LogP contribution in [0, 0.1) is 11.8 Å². The molecule has 2 aliphatic heterocycles. The van der Waals surface area contributed by atoms with Gasteiger partial charge >= 0.3 is 0 Å². The minimum atomic E-state index is 0.160. The van der Waals surface area contributed by atoms with Crippen molar-refractivity contribution in [1.82, 2.24) is 9.80 Å². The fourth-order valence-corrected chi connectivity index (χ4v) is 4.03. The van der Waals surface area contributed by atoms with E-state index in [4.69, 9.17) is 9.47 Å². The summed E-state index contributed by atoms with van der Waals surface area (Å²) in [6, 6.07) is 0. The normalized spacial score (nSPS) is 21.1. The molecule has 0 saturated carbocycles. The van der Waals surface area contributed by atoms with E-state index in [9.17, 15) is 4.79 Å². The lowest BCUT2D eigenvalue weighted by Crippen LogP contribution is -2.39. The smallest absolute Gasteiger partial charge is 0.136 e. The molecule has 0 aromatic rings. The quantitative estimate of drug-likeness (QED) is 0.472. The van der Waals surface area contributed by atoms with Crippen LogP contribution < -0.4 is 0 Å². The zero-order chi connectivity index (χ0) is 20.4. The molecule has 0 amide bonds. The number of piperidine rings is 2. The van der Waals surface area contributed by atoms with E-state index >= 15 is 0 Å². The molecule has 5 heteroatoms. The highest BCUT2D eigenvalue weighted by Gasteiger charge is 2.22. The fourth-order valence-electron chi connectivity index (χ4n) is 4.03. The van der Waals surface area contributed by atoms with Crippen molar-refractivity contribution < 1.29 is 14.3 Å². The average Bonchev–Trinajstić information content (AvgIpc) is 2.69. The second-order valence-electron chi connectivity index (χ2n) is 9.38. The number of ether oxygens (including phenoxy) is 2. The first-order valence-corrected chi connectivity index (χ1v) is 11.6. The van der Waals surface area contributed by atoms with Gasteiger partial charge in [-0.25, -0.2) is 0 Å². The fraction of sp³-hybridized carbons (Fsp3) is 0.957. The lowest BCUT2D eigenvalue weighted by atomic mass is 10.0. The molecule has 2 saturated heterocycles. The number of ketones is 1. The van der Waals surface area contributed by atoms with Gasteiger partial charge in [0.15, 0.2) is 0 Å². The summed E-state index contributed by atoms with van der Waals surface area (Å²) in [6.45, 7) is 16.6. The van der Waals surface area contributed by atoms with Gasteiger partial charge in [0.05, 0.1) is 25.4 Å². The Labute approximate surface area is 173 Å².